The smallest absolute Gasteiger partial charge is 0.324 e. The number of sulfonamides is 1. The first-order valence-corrected chi connectivity index (χ1v) is 11.1. The van der Waals surface area contributed by atoms with Gasteiger partial charge < -0.3 is 20.1 Å². The maximum atomic E-state index is 12.2. The summed E-state index contributed by atoms with van der Waals surface area (Å²) in [6, 6.07) is 11.5. The molecule has 0 fully saturated rings. The number of hydrogen-bond acceptors (Lipinski definition) is 7. The number of hydrogen-bond donors (Lipinski definition) is 3. The lowest BCUT2D eigenvalue weighted by molar-refractivity contribution is -0.149. The normalized spacial score (nSPS) is 11.8. The number of carbonyl (C=O) groups is 3. The molecule has 2 amide bonds. The zero-order valence-corrected chi connectivity index (χ0v) is 18.7. The summed E-state index contributed by atoms with van der Waals surface area (Å²) in [6.45, 7) is 2.12. The Balaban J connectivity index is 1.78. The SMILES string of the molecule is COc1ccc(C)cc1NC(=O)CNC(=O)COC(=O)[C@H](C)NS(=O)(=O)c1ccccc1. The zero-order chi connectivity index (χ0) is 23.7. The number of anilines is 1. The van der Waals surface area contributed by atoms with Gasteiger partial charge in [-0.25, -0.2) is 8.42 Å². The van der Waals surface area contributed by atoms with Gasteiger partial charge in [-0.2, -0.15) is 4.72 Å². The Morgan fingerprint density at radius 1 is 1.03 bits per heavy atom. The molecule has 0 bridgehead atoms. The number of amides is 2. The number of carbonyl (C=O) groups excluding carboxylic acids is 3. The molecule has 32 heavy (non-hydrogen) atoms. The van der Waals surface area contributed by atoms with Crippen LogP contribution in [-0.4, -0.2) is 52.5 Å². The molecule has 0 saturated heterocycles. The van der Waals surface area contributed by atoms with Crippen molar-refractivity contribution in [3.05, 3.63) is 54.1 Å². The molecule has 3 N–H and O–H groups in total. The van der Waals surface area contributed by atoms with E-state index >= 15 is 0 Å². The second-order valence-electron chi connectivity index (χ2n) is 6.79. The van der Waals surface area contributed by atoms with Crippen LogP contribution in [0.3, 0.4) is 0 Å². The Bertz CT molecular complexity index is 1070. The first-order valence-electron chi connectivity index (χ1n) is 9.57. The summed E-state index contributed by atoms with van der Waals surface area (Å²) >= 11 is 0. The van der Waals surface area contributed by atoms with Crippen LogP contribution in [0.15, 0.2) is 53.4 Å². The van der Waals surface area contributed by atoms with Gasteiger partial charge in [-0.1, -0.05) is 24.3 Å². The lowest BCUT2D eigenvalue weighted by Crippen LogP contribution is -2.41. The molecular weight excluding hydrogens is 438 g/mol. The Morgan fingerprint density at radius 3 is 2.38 bits per heavy atom. The fourth-order valence-electron chi connectivity index (χ4n) is 2.55. The molecule has 0 aliphatic rings. The minimum atomic E-state index is -3.92. The lowest BCUT2D eigenvalue weighted by Gasteiger charge is -2.14. The number of ether oxygens (including phenoxy) is 2. The highest BCUT2D eigenvalue weighted by Crippen LogP contribution is 2.24. The predicted octanol–water partition coefficient (Wildman–Crippen LogP) is 0.969. The Morgan fingerprint density at radius 2 is 1.72 bits per heavy atom. The van der Waals surface area contributed by atoms with Gasteiger partial charge in [0.2, 0.25) is 15.9 Å². The van der Waals surface area contributed by atoms with E-state index in [2.05, 4.69) is 15.4 Å². The van der Waals surface area contributed by atoms with Crippen LogP contribution >= 0.6 is 0 Å². The number of nitrogens with one attached hydrogen (secondary N) is 3. The third kappa shape index (κ3) is 7.36. The molecule has 0 heterocycles. The van der Waals surface area contributed by atoms with Crippen LogP contribution < -0.4 is 20.1 Å². The van der Waals surface area contributed by atoms with Crippen molar-refractivity contribution in [1.82, 2.24) is 10.0 Å². The highest BCUT2D eigenvalue weighted by Gasteiger charge is 2.23. The lowest BCUT2D eigenvalue weighted by atomic mass is 10.2. The molecule has 0 radical (unpaired) electrons. The van der Waals surface area contributed by atoms with Gasteiger partial charge in [-0.15, -0.1) is 0 Å². The molecule has 10 nitrogen and oxygen atoms in total. The summed E-state index contributed by atoms with van der Waals surface area (Å²) in [5, 5.41) is 4.93. The zero-order valence-electron chi connectivity index (χ0n) is 17.9. The van der Waals surface area contributed by atoms with Crippen LogP contribution in [0, 0.1) is 6.92 Å². The Labute approximate surface area is 186 Å². The van der Waals surface area contributed by atoms with Crippen molar-refractivity contribution < 1.29 is 32.3 Å². The molecule has 0 spiro atoms. The Hall–Kier alpha value is -3.44. The third-order valence-electron chi connectivity index (χ3n) is 4.16. The molecule has 172 valence electrons. The fourth-order valence-corrected chi connectivity index (χ4v) is 3.77. The highest BCUT2D eigenvalue weighted by atomic mass is 32.2. The topological polar surface area (TPSA) is 140 Å². The first kappa shape index (κ1) is 24.8. The second kappa shape index (κ2) is 11.3. The van der Waals surface area contributed by atoms with E-state index in [0.29, 0.717) is 11.4 Å². The van der Waals surface area contributed by atoms with Gasteiger partial charge in [0.05, 0.1) is 24.2 Å². The van der Waals surface area contributed by atoms with Crippen molar-refractivity contribution in [2.45, 2.75) is 24.8 Å². The largest absolute Gasteiger partial charge is 0.495 e. The maximum absolute atomic E-state index is 12.2. The number of rotatable bonds is 10. The molecule has 2 rings (SSSR count). The van der Waals surface area contributed by atoms with Gasteiger partial charge in [0.15, 0.2) is 6.61 Å². The summed E-state index contributed by atoms with van der Waals surface area (Å²) in [6.07, 6.45) is 0. The molecule has 11 heteroatoms. The summed E-state index contributed by atoms with van der Waals surface area (Å²) in [7, 11) is -2.45. The van der Waals surface area contributed by atoms with Crippen LogP contribution in [0.2, 0.25) is 0 Å². The summed E-state index contributed by atoms with van der Waals surface area (Å²) in [5.74, 6) is -1.69. The minimum Gasteiger partial charge on any atom is -0.495 e. The maximum Gasteiger partial charge on any atom is 0.324 e. The first-order chi connectivity index (χ1) is 15.1. The van der Waals surface area contributed by atoms with Crippen LogP contribution in [0.5, 0.6) is 5.75 Å². The molecule has 2 aromatic rings. The van der Waals surface area contributed by atoms with Gasteiger partial charge in [-0.05, 0) is 43.7 Å². The fraction of sp³-hybridized carbons (Fsp3) is 0.286. The quantitative estimate of drug-likeness (QED) is 0.446. The van der Waals surface area contributed by atoms with Crippen LogP contribution in [0.1, 0.15) is 12.5 Å². The van der Waals surface area contributed by atoms with Gasteiger partial charge in [0.25, 0.3) is 5.91 Å². The molecule has 0 aliphatic carbocycles. The summed E-state index contributed by atoms with van der Waals surface area (Å²) in [5.41, 5.74) is 1.37. The molecule has 2 aromatic carbocycles. The highest BCUT2D eigenvalue weighted by molar-refractivity contribution is 7.89. The number of esters is 1. The van der Waals surface area contributed by atoms with Gasteiger partial charge in [-0.3, -0.25) is 14.4 Å². The summed E-state index contributed by atoms with van der Waals surface area (Å²) < 4.78 is 36.6. The predicted molar refractivity (Wildman–Crippen MR) is 117 cm³/mol. The van der Waals surface area contributed by atoms with Gasteiger partial charge in [0, 0.05) is 0 Å². The number of benzene rings is 2. The van der Waals surface area contributed by atoms with E-state index < -0.39 is 40.5 Å². The van der Waals surface area contributed by atoms with Crippen molar-refractivity contribution in [1.29, 1.82) is 0 Å². The van der Waals surface area contributed by atoms with Gasteiger partial charge in [0.1, 0.15) is 11.8 Å². The van der Waals surface area contributed by atoms with Crippen molar-refractivity contribution in [2.24, 2.45) is 0 Å². The molecule has 0 unspecified atom stereocenters. The third-order valence-corrected chi connectivity index (χ3v) is 5.72. The monoisotopic (exact) mass is 463 g/mol. The molecule has 1 atom stereocenters. The molecule has 0 aliphatic heterocycles. The Kier molecular flexibility index (Phi) is 8.73. The average molecular weight is 464 g/mol. The number of methoxy groups -OCH3 is 1. The van der Waals surface area contributed by atoms with Crippen molar-refractivity contribution in [3.63, 3.8) is 0 Å². The molecule has 0 aromatic heterocycles. The second-order valence-corrected chi connectivity index (χ2v) is 8.51. The van der Waals surface area contributed by atoms with Crippen LogP contribution in [0.25, 0.3) is 0 Å². The summed E-state index contributed by atoms with van der Waals surface area (Å²) in [4.78, 5) is 36.0. The van der Waals surface area contributed by atoms with E-state index in [0.717, 1.165) is 5.56 Å². The van der Waals surface area contributed by atoms with Crippen molar-refractivity contribution in [3.8, 4) is 5.75 Å². The molecular formula is C21H25N3O7S. The van der Waals surface area contributed by atoms with E-state index in [9.17, 15) is 22.8 Å². The van der Waals surface area contributed by atoms with Crippen LogP contribution in [-0.2, 0) is 29.1 Å². The van der Waals surface area contributed by atoms with Crippen LogP contribution in [0.4, 0.5) is 5.69 Å². The standard InChI is InChI=1S/C21H25N3O7S/c1-14-9-10-18(30-3)17(11-14)23-19(25)12-22-20(26)13-31-21(27)15(2)24-32(28,29)16-7-5-4-6-8-16/h4-11,15,24H,12-13H2,1-3H3,(H,22,26)(H,23,25)/t15-/m0/s1. The number of aryl methyl sites for hydroxylation is 1. The van der Waals surface area contributed by atoms with Crippen molar-refractivity contribution >= 4 is 33.5 Å². The van der Waals surface area contributed by atoms with E-state index in [1.165, 1.54) is 26.2 Å². The van der Waals surface area contributed by atoms with E-state index in [1.807, 2.05) is 13.0 Å². The van der Waals surface area contributed by atoms with E-state index in [-0.39, 0.29) is 11.4 Å². The minimum absolute atomic E-state index is 0.00588. The molecule has 0 saturated carbocycles. The van der Waals surface area contributed by atoms with E-state index in [4.69, 9.17) is 9.47 Å². The van der Waals surface area contributed by atoms with E-state index in [1.54, 1.807) is 30.3 Å². The van der Waals surface area contributed by atoms with Gasteiger partial charge >= 0.3 is 5.97 Å². The van der Waals surface area contributed by atoms with Crippen molar-refractivity contribution in [2.75, 3.05) is 25.6 Å². The average Bonchev–Trinajstić information content (AvgIpc) is 2.76.